The van der Waals surface area contributed by atoms with Gasteiger partial charge in [0, 0.05) is 18.2 Å². The number of ether oxygens (including phenoxy) is 1. The molecule has 0 N–H and O–H groups in total. The van der Waals surface area contributed by atoms with E-state index in [0.717, 1.165) is 0 Å². The molecule has 0 spiro atoms. The van der Waals surface area contributed by atoms with E-state index in [1.165, 1.54) is 6.07 Å². The molecule has 0 fully saturated rings. The molecule has 1 aromatic carbocycles. The average Bonchev–Trinajstić information content (AvgIpc) is 2.33. The smallest absolute Gasteiger partial charge is 0.307 e. The highest BCUT2D eigenvalue weighted by molar-refractivity contribution is 5.70. The molecule has 1 aromatic rings. The number of hydrogen-bond acceptors (Lipinski definition) is 3. The molecule has 0 saturated carbocycles. The second-order valence-electron chi connectivity index (χ2n) is 6.01. The molecule has 1 rings (SSSR count). The van der Waals surface area contributed by atoms with Gasteiger partial charge in [-0.1, -0.05) is 18.2 Å². The number of esters is 1. The van der Waals surface area contributed by atoms with Crippen LogP contribution >= 0.6 is 0 Å². The molecule has 0 aliphatic carbocycles. The fraction of sp³-hybridized carbons (Fsp3) is 0.562. The van der Waals surface area contributed by atoms with E-state index in [-0.39, 0.29) is 17.8 Å². The number of benzene rings is 1. The van der Waals surface area contributed by atoms with Crippen LogP contribution < -0.4 is 0 Å². The van der Waals surface area contributed by atoms with Crippen LogP contribution in [-0.4, -0.2) is 30.1 Å². The minimum absolute atomic E-state index is 0.0846. The maximum absolute atomic E-state index is 13.7. The van der Waals surface area contributed by atoms with E-state index in [0.29, 0.717) is 18.5 Å². The standard InChI is InChI=1S/C16H24FNO2/c1-12(13-8-6-7-9-14(13)17)18(5)11-10-15(19)20-16(2,3)4/h6-9,12H,10-11H2,1-5H3. The van der Waals surface area contributed by atoms with Crippen molar-refractivity contribution in [3.8, 4) is 0 Å². The molecule has 0 heterocycles. The van der Waals surface area contributed by atoms with Crippen molar-refractivity contribution in [2.45, 2.75) is 45.8 Å². The summed E-state index contributed by atoms with van der Waals surface area (Å²) in [5, 5.41) is 0. The van der Waals surface area contributed by atoms with Crippen LogP contribution in [0.15, 0.2) is 24.3 Å². The van der Waals surface area contributed by atoms with Gasteiger partial charge in [0.25, 0.3) is 0 Å². The Morgan fingerprint density at radius 1 is 1.35 bits per heavy atom. The molecule has 0 radical (unpaired) electrons. The summed E-state index contributed by atoms with van der Waals surface area (Å²) in [5.41, 5.74) is 0.173. The summed E-state index contributed by atoms with van der Waals surface area (Å²) in [4.78, 5) is 13.6. The van der Waals surface area contributed by atoms with Crippen molar-refractivity contribution in [3.63, 3.8) is 0 Å². The molecule has 20 heavy (non-hydrogen) atoms. The largest absolute Gasteiger partial charge is 0.460 e. The van der Waals surface area contributed by atoms with Crippen LogP contribution in [-0.2, 0) is 9.53 Å². The summed E-state index contributed by atoms with van der Waals surface area (Å²) >= 11 is 0. The second kappa shape index (κ2) is 6.84. The molecule has 4 heteroatoms. The van der Waals surface area contributed by atoms with Gasteiger partial charge in [-0.25, -0.2) is 4.39 Å². The van der Waals surface area contributed by atoms with Crippen LogP contribution in [0.25, 0.3) is 0 Å². The van der Waals surface area contributed by atoms with E-state index in [2.05, 4.69) is 0 Å². The SMILES string of the molecule is CC(c1ccccc1F)N(C)CCC(=O)OC(C)(C)C. The molecular weight excluding hydrogens is 257 g/mol. The van der Waals surface area contributed by atoms with Crippen molar-refractivity contribution in [2.75, 3.05) is 13.6 Å². The lowest BCUT2D eigenvalue weighted by atomic mass is 10.1. The molecule has 0 saturated heterocycles. The van der Waals surface area contributed by atoms with E-state index in [9.17, 15) is 9.18 Å². The van der Waals surface area contributed by atoms with Crippen molar-refractivity contribution in [1.82, 2.24) is 4.90 Å². The summed E-state index contributed by atoms with van der Waals surface area (Å²) < 4.78 is 19.0. The molecule has 0 amide bonds. The minimum Gasteiger partial charge on any atom is -0.460 e. The van der Waals surface area contributed by atoms with Gasteiger partial charge >= 0.3 is 5.97 Å². The van der Waals surface area contributed by atoms with Gasteiger partial charge in [-0.05, 0) is 40.8 Å². The van der Waals surface area contributed by atoms with E-state index in [1.54, 1.807) is 12.1 Å². The molecule has 0 aliphatic heterocycles. The summed E-state index contributed by atoms with van der Waals surface area (Å²) in [6, 6.07) is 6.62. The topological polar surface area (TPSA) is 29.5 Å². The number of carbonyl (C=O) groups is 1. The Bertz CT molecular complexity index is 454. The lowest BCUT2D eigenvalue weighted by Crippen LogP contribution is -2.29. The first-order valence-corrected chi connectivity index (χ1v) is 6.87. The fourth-order valence-corrected chi connectivity index (χ4v) is 1.91. The second-order valence-corrected chi connectivity index (χ2v) is 6.01. The van der Waals surface area contributed by atoms with E-state index >= 15 is 0 Å². The Morgan fingerprint density at radius 2 is 1.95 bits per heavy atom. The highest BCUT2D eigenvalue weighted by Crippen LogP contribution is 2.21. The third-order valence-corrected chi connectivity index (χ3v) is 3.11. The van der Waals surface area contributed by atoms with Gasteiger partial charge in [-0.2, -0.15) is 0 Å². The zero-order chi connectivity index (χ0) is 15.3. The van der Waals surface area contributed by atoms with Gasteiger partial charge in [0.1, 0.15) is 11.4 Å². The van der Waals surface area contributed by atoms with Crippen LogP contribution in [0.4, 0.5) is 4.39 Å². The van der Waals surface area contributed by atoms with Crippen LogP contribution in [0.2, 0.25) is 0 Å². The lowest BCUT2D eigenvalue weighted by molar-refractivity contribution is -0.155. The first-order valence-electron chi connectivity index (χ1n) is 6.87. The maximum atomic E-state index is 13.7. The van der Waals surface area contributed by atoms with Crippen LogP contribution in [0, 0.1) is 5.82 Å². The van der Waals surface area contributed by atoms with Gasteiger partial charge in [0.2, 0.25) is 0 Å². The Hall–Kier alpha value is -1.42. The zero-order valence-electron chi connectivity index (χ0n) is 12.9. The highest BCUT2D eigenvalue weighted by atomic mass is 19.1. The zero-order valence-corrected chi connectivity index (χ0v) is 12.9. The maximum Gasteiger partial charge on any atom is 0.307 e. The molecule has 3 nitrogen and oxygen atoms in total. The van der Waals surface area contributed by atoms with Gasteiger partial charge in [-0.3, -0.25) is 9.69 Å². The molecular formula is C16H24FNO2. The van der Waals surface area contributed by atoms with Gasteiger partial charge in [0.15, 0.2) is 0 Å². The molecule has 1 atom stereocenters. The van der Waals surface area contributed by atoms with Crippen LogP contribution in [0.3, 0.4) is 0 Å². The number of rotatable bonds is 5. The first kappa shape index (κ1) is 16.6. The van der Waals surface area contributed by atoms with Crippen molar-refractivity contribution in [1.29, 1.82) is 0 Å². The predicted molar refractivity (Wildman–Crippen MR) is 77.9 cm³/mol. The molecule has 1 unspecified atom stereocenters. The third-order valence-electron chi connectivity index (χ3n) is 3.11. The quantitative estimate of drug-likeness (QED) is 0.773. The van der Waals surface area contributed by atoms with Crippen molar-refractivity contribution in [3.05, 3.63) is 35.6 Å². The molecule has 0 bridgehead atoms. The lowest BCUT2D eigenvalue weighted by Gasteiger charge is -2.26. The summed E-state index contributed by atoms with van der Waals surface area (Å²) in [6.07, 6.45) is 0.298. The van der Waals surface area contributed by atoms with Crippen LogP contribution in [0.1, 0.15) is 45.7 Å². The molecule has 0 aliphatic rings. The average molecular weight is 281 g/mol. The predicted octanol–water partition coefficient (Wildman–Crippen LogP) is 3.55. The van der Waals surface area contributed by atoms with Gasteiger partial charge in [-0.15, -0.1) is 0 Å². The Balaban J connectivity index is 2.53. The number of nitrogens with zero attached hydrogens (tertiary/aromatic N) is 1. The summed E-state index contributed by atoms with van der Waals surface area (Å²) in [7, 11) is 1.88. The number of hydrogen-bond donors (Lipinski definition) is 0. The third kappa shape index (κ3) is 5.29. The fourth-order valence-electron chi connectivity index (χ4n) is 1.91. The Kier molecular flexibility index (Phi) is 5.69. The molecule has 0 aromatic heterocycles. The molecule has 112 valence electrons. The van der Waals surface area contributed by atoms with E-state index < -0.39 is 5.60 Å². The summed E-state index contributed by atoms with van der Waals surface area (Å²) in [6.45, 7) is 7.99. The highest BCUT2D eigenvalue weighted by Gasteiger charge is 2.19. The van der Waals surface area contributed by atoms with E-state index in [1.807, 2.05) is 45.7 Å². The van der Waals surface area contributed by atoms with Crippen molar-refractivity contribution >= 4 is 5.97 Å². The monoisotopic (exact) mass is 281 g/mol. The number of halogens is 1. The first-order chi connectivity index (χ1) is 9.20. The number of carbonyl (C=O) groups excluding carboxylic acids is 1. The van der Waals surface area contributed by atoms with Crippen LogP contribution in [0.5, 0.6) is 0 Å². The Morgan fingerprint density at radius 3 is 2.50 bits per heavy atom. The van der Waals surface area contributed by atoms with Crippen molar-refractivity contribution in [2.24, 2.45) is 0 Å². The summed E-state index contributed by atoms with van der Waals surface area (Å²) in [5.74, 6) is -0.450. The van der Waals surface area contributed by atoms with E-state index in [4.69, 9.17) is 4.74 Å². The normalized spacial score (nSPS) is 13.3. The van der Waals surface area contributed by atoms with Gasteiger partial charge in [0.05, 0.1) is 6.42 Å². The van der Waals surface area contributed by atoms with Crippen molar-refractivity contribution < 1.29 is 13.9 Å². The van der Waals surface area contributed by atoms with Gasteiger partial charge < -0.3 is 4.74 Å². The minimum atomic E-state index is -0.465. The Labute approximate surface area is 120 Å².